The number of hydrogen-bond acceptors (Lipinski definition) is 9. The summed E-state index contributed by atoms with van der Waals surface area (Å²) in [5.41, 5.74) is -3.75. The number of nitrogens with zero attached hydrogens (tertiary/aromatic N) is 1. The van der Waals surface area contributed by atoms with E-state index in [9.17, 15) is 33.8 Å². The summed E-state index contributed by atoms with van der Waals surface area (Å²) in [7, 11) is -10.5. The highest BCUT2D eigenvalue weighted by molar-refractivity contribution is 7.60. The number of phosphoric acid groups is 2. The smallest absolute Gasteiger partial charge is 0.385 e. The highest BCUT2D eigenvalue weighted by Gasteiger charge is 2.54. The van der Waals surface area contributed by atoms with Gasteiger partial charge in [0.2, 0.25) is 0 Å². The molecule has 2 rings (SSSR count). The summed E-state index contributed by atoms with van der Waals surface area (Å²) in [6.45, 7) is 0.154. The second kappa shape index (κ2) is 7.09. The maximum atomic E-state index is 11.8. The van der Waals surface area contributed by atoms with Gasteiger partial charge in [0.1, 0.15) is 17.8 Å². The lowest BCUT2D eigenvalue weighted by Gasteiger charge is -2.26. The molecule has 0 aromatic carbocycles. The third-order valence-electron chi connectivity index (χ3n) is 3.55. The first-order chi connectivity index (χ1) is 11.7. The Kier molecular flexibility index (Phi) is 5.76. The van der Waals surface area contributed by atoms with Gasteiger partial charge < -0.3 is 29.6 Å². The first kappa shape index (κ1) is 21.1. The van der Waals surface area contributed by atoms with Crippen LogP contribution in [0, 0.1) is 0 Å². The largest absolute Gasteiger partial charge is 0.481 e. The van der Waals surface area contributed by atoms with Crippen molar-refractivity contribution < 1.29 is 47.6 Å². The Hall–Kier alpha value is -1.18. The molecule has 0 radical (unpaired) electrons. The van der Waals surface area contributed by atoms with E-state index in [0.29, 0.717) is 0 Å². The lowest BCUT2D eigenvalue weighted by molar-refractivity contribution is -0.0793. The van der Waals surface area contributed by atoms with E-state index >= 15 is 0 Å². The van der Waals surface area contributed by atoms with E-state index in [-0.39, 0.29) is 0 Å². The molecule has 1 saturated heterocycles. The van der Waals surface area contributed by atoms with E-state index in [1.165, 1.54) is 0 Å². The Balaban J connectivity index is 2.18. The molecular formula is C10H16N2O12P2. The van der Waals surface area contributed by atoms with Gasteiger partial charge >= 0.3 is 21.3 Å². The monoisotopic (exact) mass is 418 g/mol. The topological polar surface area (TPSA) is 218 Å². The van der Waals surface area contributed by atoms with E-state index < -0.39 is 57.5 Å². The van der Waals surface area contributed by atoms with Crippen LogP contribution in [-0.2, 0) is 22.7 Å². The van der Waals surface area contributed by atoms with Crippen LogP contribution < -0.4 is 11.2 Å². The van der Waals surface area contributed by atoms with Gasteiger partial charge in [-0.1, -0.05) is 0 Å². The standard InChI is InChI=1S/C10H16N2O12P2/c1-10(16)5(4-22-26(20,21)24-25(17,18)19)23-8(7(10)14)12-3-2-6(13)11-9(12)15/h2-3,5,7-8,14,16H,4H2,1H3,(H,20,21)(H,11,13,15)(H2,17,18,19)/t5-,7+,8-,10-/m1/s1. The van der Waals surface area contributed by atoms with Crippen LogP contribution in [0.15, 0.2) is 21.9 Å². The number of nitrogens with one attached hydrogen (secondary N) is 1. The van der Waals surface area contributed by atoms with E-state index in [1.807, 2.05) is 4.98 Å². The van der Waals surface area contributed by atoms with Crippen LogP contribution in [0.2, 0.25) is 0 Å². The van der Waals surface area contributed by atoms with Crippen molar-refractivity contribution in [3.63, 3.8) is 0 Å². The Bertz CT molecular complexity index is 871. The van der Waals surface area contributed by atoms with Gasteiger partial charge in [-0.25, -0.2) is 13.9 Å². The summed E-state index contributed by atoms with van der Waals surface area (Å²) < 4.78 is 36.0. The molecule has 0 bridgehead atoms. The fraction of sp³-hybridized carbons (Fsp3) is 0.600. The van der Waals surface area contributed by atoms with E-state index in [2.05, 4.69) is 8.83 Å². The van der Waals surface area contributed by atoms with Crippen LogP contribution in [0.25, 0.3) is 0 Å². The molecule has 16 heteroatoms. The number of aliphatic hydroxyl groups excluding tert-OH is 1. The molecule has 14 nitrogen and oxygen atoms in total. The average Bonchev–Trinajstić information content (AvgIpc) is 2.66. The van der Waals surface area contributed by atoms with Crippen LogP contribution >= 0.6 is 15.6 Å². The molecule has 6 N–H and O–H groups in total. The maximum Gasteiger partial charge on any atom is 0.481 e. The summed E-state index contributed by atoms with van der Waals surface area (Å²) in [5.74, 6) is 0. The fourth-order valence-electron chi connectivity index (χ4n) is 2.23. The number of hydrogen-bond donors (Lipinski definition) is 6. The van der Waals surface area contributed by atoms with Gasteiger partial charge in [0.25, 0.3) is 5.56 Å². The van der Waals surface area contributed by atoms with Crippen molar-refractivity contribution in [2.75, 3.05) is 6.61 Å². The van der Waals surface area contributed by atoms with Crippen molar-refractivity contribution in [2.45, 2.75) is 31.0 Å². The van der Waals surface area contributed by atoms with Crippen molar-refractivity contribution >= 4 is 15.6 Å². The van der Waals surface area contributed by atoms with Gasteiger partial charge in [0, 0.05) is 12.3 Å². The molecule has 148 valence electrons. The first-order valence-electron chi connectivity index (χ1n) is 6.84. The van der Waals surface area contributed by atoms with Gasteiger partial charge in [-0.3, -0.25) is 18.9 Å². The molecule has 26 heavy (non-hydrogen) atoms. The SMILES string of the molecule is C[C@@]1(O)[C@@H](COP(=O)(O)OP(=O)(O)O)O[C@@H](n2ccc(=O)[nH]c2=O)[C@@H]1O. The quantitative estimate of drug-likeness (QED) is 0.271. The predicted octanol–water partition coefficient (Wildman–Crippen LogP) is -2.23. The highest BCUT2D eigenvalue weighted by atomic mass is 31.3. The normalized spacial score (nSPS) is 31.7. The first-order valence-corrected chi connectivity index (χ1v) is 9.87. The number of H-pyrrole nitrogens is 1. The third-order valence-corrected chi connectivity index (χ3v) is 5.70. The molecule has 0 amide bonds. The van der Waals surface area contributed by atoms with Crippen LogP contribution in [0.5, 0.6) is 0 Å². The van der Waals surface area contributed by atoms with Crippen LogP contribution in [-0.4, -0.2) is 58.9 Å². The van der Waals surface area contributed by atoms with Crippen molar-refractivity contribution in [1.82, 2.24) is 9.55 Å². The number of phosphoric ester groups is 1. The zero-order chi connectivity index (χ0) is 19.9. The molecule has 1 fully saturated rings. The summed E-state index contributed by atoms with van der Waals surface area (Å²) >= 11 is 0. The Morgan fingerprint density at radius 1 is 1.35 bits per heavy atom. The van der Waals surface area contributed by atoms with Gasteiger partial charge in [-0.05, 0) is 6.92 Å². The molecule has 1 aromatic rings. The zero-order valence-electron chi connectivity index (χ0n) is 13.0. The van der Waals surface area contributed by atoms with Crippen molar-refractivity contribution in [3.05, 3.63) is 33.1 Å². The minimum absolute atomic E-state index is 0.707. The minimum Gasteiger partial charge on any atom is -0.385 e. The number of rotatable bonds is 6. The van der Waals surface area contributed by atoms with Crippen LogP contribution in [0.1, 0.15) is 13.2 Å². The van der Waals surface area contributed by atoms with E-state index in [0.717, 1.165) is 23.8 Å². The van der Waals surface area contributed by atoms with Gasteiger partial charge in [-0.2, -0.15) is 4.31 Å². The molecule has 1 aliphatic heterocycles. The van der Waals surface area contributed by atoms with Gasteiger partial charge in [0.05, 0.1) is 6.61 Å². The Morgan fingerprint density at radius 3 is 2.50 bits per heavy atom. The molecule has 0 aliphatic carbocycles. The van der Waals surface area contributed by atoms with Crippen LogP contribution in [0.3, 0.4) is 0 Å². The van der Waals surface area contributed by atoms with Gasteiger partial charge in [-0.15, -0.1) is 0 Å². The molecule has 1 unspecified atom stereocenters. The lowest BCUT2D eigenvalue weighted by atomic mass is 9.95. The predicted molar refractivity (Wildman–Crippen MR) is 80.8 cm³/mol. The maximum absolute atomic E-state index is 11.8. The van der Waals surface area contributed by atoms with Crippen molar-refractivity contribution in [3.8, 4) is 0 Å². The summed E-state index contributed by atoms with van der Waals surface area (Å²) in [6, 6.07) is 0.964. The molecule has 2 heterocycles. The molecule has 0 spiro atoms. The van der Waals surface area contributed by atoms with Crippen molar-refractivity contribution in [2.24, 2.45) is 0 Å². The molecule has 5 atom stereocenters. The van der Waals surface area contributed by atoms with E-state index in [4.69, 9.17) is 14.5 Å². The van der Waals surface area contributed by atoms with Crippen molar-refractivity contribution in [1.29, 1.82) is 0 Å². The summed E-state index contributed by atoms with van der Waals surface area (Å²) in [5, 5.41) is 20.5. The summed E-state index contributed by atoms with van der Waals surface area (Å²) in [4.78, 5) is 51.0. The average molecular weight is 418 g/mol. The fourth-order valence-corrected chi connectivity index (χ4v) is 3.82. The highest BCUT2D eigenvalue weighted by Crippen LogP contribution is 2.57. The third kappa shape index (κ3) is 4.75. The zero-order valence-corrected chi connectivity index (χ0v) is 14.8. The van der Waals surface area contributed by atoms with Gasteiger partial charge in [0.15, 0.2) is 6.23 Å². The second-order valence-electron chi connectivity index (χ2n) is 5.54. The second-order valence-corrected chi connectivity index (χ2v) is 8.37. The summed E-state index contributed by atoms with van der Waals surface area (Å²) in [6.07, 6.45) is -3.70. The Morgan fingerprint density at radius 2 is 1.96 bits per heavy atom. The number of ether oxygens (including phenoxy) is 1. The lowest BCUT2D eigenvalue weighted by Crippen LogP contribution is -2.47. The number of aromatic amines is 1. The number of aliphatic hydroxyl groups is 2. The Labute approximate surface area is 144 Å². The van der Waals surface area contributed by atoms with Crippen LogP contribution in [0.4, 0.5) is 0 Å². The molecule has 0 saturated carbocycles. The van der Waals surface area contributed by atoms with E-state index in [1.54, 1.807) is 0 Å². The molecule has 1 aliphatic rings. The number of aromatic nitrogens is 2. The minimum atomic E-state index is -5.33. The molecular weight excluding hydrogens is 402 g/mol. The molecule has 1 aromatic heterocycles.